The van der Waals surface area contributed by atoms with Crippen LogP contribution in [0.2, 0.25) is 0 Å². The van der Waals surface area contributed by atoms with E-state index in [4.69, 9.17) is 4.74 Å². The van der Waals surface area contributed by atoms with Crippen LogP contribution in [0.3, 0.4) is 0 Å². The molecule has 2 aromatic rings. The van der Waals surface area contributed by atoms with Crippen LogP contribution in [0.25, 0.3) is 0 Å². The minimum atomic E-state index is 0.467. The summed E-state index contributed by atoms with van der Waals surface area (Å²) in [6.45, 7) is 1.61. The van der Waals surface area contributed by atoms with Gasteiger partial charge < -0.3 is 10.1 Å². The molecule has 114 valence electrons. The number of ether oxygens (including phenoxy) is 1. The van der Waals surface area contributed by atoms with Gasteiger partial charge >= 0.3 is 0 Å². The van der Waals surface area contributed by atoms with E-state index >= 15 is 0 Å². The van der Waals surface area contributed by atoms with Gasteiger partial charge in [-0.1, -0.05) is 18.2 Å². The smallest absolute Gasteiger partial charge is 0.222 e. The molecule has 22 heavy (non-hydrogen) atoms. The van der Waals surface area contributed by atoms with Crippen molar-refractivity contribution in [2.75, 3.05) is 18.5 Å². The number of nitrogens with one attached hydrogen (secondary N) is 1. The molecule has 0 radical (unpaired) electrons. The molecule has 0 bridgehead atoms. The molecule has 2 aliphatic rings. The van der Waals surface area contributed by atoms with Crippen molar-refractivity contribution >= 4 is 5.95 Å². The normalized spacial score (nSPS) is 19.7. The van der Waals surface area contributed by atoms with E-state index in [2.05, 4.69) is 27.4 Å². The number of fused-ring (bicyclic) bond motifs is 2. The number of rotatable bonds is 3. The molecule has 4 heteroatoms. The lowest BCUT2D eigenvalue weighted by molar-refractivity contribution is 0.229. The Bertz CT molecular complexity index is 671. The third kappa shape index (κ3) is 2.78. The average molecular weight is 295 g/mol. The summed E-state index contributed by atoms with van der Waals surface area (Å²) in [6, 6.07) is 8.30. The third-order valence-electron chi connectivity index (χ3n) is 4.57. The van der Waals surface area contributed by atoms with Crippen LogP contribution in [0.15, 0.2) is 30.5 Å². The molecule has 0 spiro atoms. The zero-order valence-electron chi connectivity index (χ0n) is 12.7. The van der Waals surface area contributed by atoms with Gasteiger partial charge in [0.1, 0.15) is 5.75 Å². The first-order valence-corrected chi connectivity index (χ1v) is 8.18. The maximum absolute atomic E-state index is 5.83. The molecule has 2 heterocycles. The first-order valence-electron chi connectivity index (χ1n) is 8.18. The van der Waals surface area contributed by atoms with Crippen LogP contribution in [-0.2, 0) is 19.3 Å². The Morgan fingerprint density at radius 1 is 1.14 bits per heavy atom. The SMILES string of the molecule is c1ccc2c(c1)CC(CNc1ncc3c(n1)CCCC3)CO2. The minimum absolute atomic E-state index is 0.467. The van der Waals surface area contributed by atoms with Crippen LogP contribution in [0.4, 0.5) is 5.95 Å². The Morgan fingerprint density at radius 3 is 3.05 bits per heavy atom. The Labute approximate surface area is 130 Å². The van der Waals surface area contributed by atoms with Gasteiger partial charge in [0.2, 0.25) is 5.95 Å². The van der Waals surface area contributed by atoms with Crippen molar-refractivity contribution < 1.29 is 4.74 Å². The number of hydrogen-bond acceptors (Lipinski definition) is 4. The summed E-state index contributed by atoms with van der Waals surface area (Å²) >= 11 is 0. The lowest BCUT2D eigenvalue weighted by atomic mass is 9.97. The predicted octanol–water partition coefficient (Wildman–Crippen LogP) is 3.02. The second-order valence-corrected chi connectivity index (χ2v) is 6.24. The molecule has 0 saturated carbocycles. The molecule has 0 saturated heterocycles. The second-order valence-electron chi connectivity index (χ2n) is 6.24. The van der Waals surface area contributed by atoms with Gasteiger partial charge in [0.05, 0.1) is 6.61 Å². The quantitative estimate of drug-likeness (QED) is 0.945. The number of nitrogens with zero attached hydrogens (tertiary/aromatic N) is 2. The van der Waals surface area contributed by atoms with Crippen LogP contribution < -0.4 is 10.1 Å². The van der Waals surface area contributed by atoms with Crippen LogP contribution in [-0.4, -0.2) is 23.1 Å². The topological polar surface area (TPSA) is 47.0 Å². The summed E-state index contributed by atoms with van der Waals surface area (Å²) in [6.07, 6.45) is 7.78. The fourth-order valence-corrected chi connectivity index (χ4v) is 3.32. The first kappa shape index (κ1) is 13.6. The summed E-state index contributed by atoms with van der Waals surface area (Å²) in [5.74, 6) is 2.26. The highest BCUT2D eigenvalue weighted by molar-refractivity contribution is 5.36. The summed E-state index contributed by atoms with van der Waals surface area (Å²) in [7, 11) is 0. The van der Waals surface area contributed by atoms with E-state index < -0.39 is 0 Å². The molecule has 1 unspecified atom stereocenters. The Balaban J connectivity index is 1.39. The molecule has 4 rings (SSSR count). The first-order chi connectivity index (χ1) is 10.9. The maximum atomic E-state index is 5.83. The molecule has 0 amide bonds. The number of hydrogen-bond donors (Lipinski definition) is 1. The fourth-order valence-electron chi connectivity index (χ4n) is 3.32. The van der Waals surface area contributed by atoms with Crippen molar-refractivity contribution in [3.8, 4) is 5.75 Å². The van der Waals surface area contributed by atoms with Crippen molar-refractivity contribution in [3.63, 3.8) is 0 Å². The van der Waals surface area contributed by atoms with Gasteiger partial charge in [-0.3, -0.25) is 0 Å². The molecule has 0 fully saturated rings. The van der Waals surface area contributed by atoms with Gasteiger partial charge in [0, 0.05) is 24.4 Å². The molecule has 1 aromatic carbocycles. The van der Waals surface area contributed by atoms with Gasteiger partial charge in [-0.15, -0.1) is 0 Å². The Kier molecular flexibility index (Phi) is 3.67. The summed E-state index contributed by atoms with van der Waals surface area (Å²) < 4.78 is 5.83. The van der Waals surface area contributed by atoms with E-state index in [0.29, 0.717) is 5.92 Å². The average Bonchev–Trinajstić information content (AvgIpc) is 2.59. The van der Waals surface area contributed by atoms with Crippen molar-refractivity contribution in [2.24, 2.45) is 5.92 Å². The molecular formula is C18H21N3O. The third-order valence-corrected chi connectivity index (χ3v) is 4.57. The number of aryl methyl sites for hydroxylation is 2. The lowest BCUT2D eigenvalue weighted by Crippen LogP contribution is -2.27. The minimum Gasteiger partial charge on any atom is -0.493 e. The molecule has 1 aliphatic heterocycles. The van der Waals surface area contributed by atoms with Crippen molar-refractivity contribution in [1.82, 2.24) is 9.97 Å². The van der Waals surface area contributed by atoms with Crippen molar-refractivity contribution in [2.45, 2.75) is 32.1 Å². The zero-order valence-corrected chi connectivity index (χ0v) is 12.7. The van der Waals surface area contributed by atoms with E-state index in [0.717, 1.165) is 44.1 Å². The van der Waals surface area contributed by atoms with E-state index in [-0.39, 0.29) is 0 Å². The fraction of sp³-hybridized carbons (Fsp3) is 0.444. The van der Waals surface area contributed by atoms with E-state index in [1.54, 1.807) is 0 Å². The van der Waals surface area contributed by atoms with Gasteiger partial charge in [-0.05, 0) is 49.3 Å². The largest absolute Gasteiger partial charge is 0.493 e. The van der Waals surface area contributed by atoms with E-state index in [1.165, 1.54) is 29.7 Å². The Morgan fingerprint density at radius 2 is 2.05 bits per heavy atom. The molecule has 1 aliphatic carbocycles. The van der Waals surface area contributed by atoms with E-state index in [1.807, 2.05) is 18.3 Å². The van der Waals surface area contributed by atoms with Crippen LogP contribution >= 0.6 is 0 Å². The standard InChI is InChI=1S/C18H21N3O/c1-3-7-16-15(6-1)11-20-18(21-16)19-10-13-9-14-5-2-4-8-17(14)22-12-13/h2,4-5,8,11,13H,1,3,6-7,9-10,12H2,(H,19,20,21). The maximum Gasteiger partial charge on any atom is 0.222 e. The van der Waals surface area contributed by atoms with Gasteiger partial charge in [0.25, 0.3) is 0 Å². The highest BCUT2D eigenvalue weighted by atomic mass is 16.5. The van der Waals surface area contributed by atoms with Crippen molar-refractivity contribution in [3.05, 3.63) is 47.3 Å². The lowest BCUT2D eigenvalue weighted by Gasteiger charge is -2.25. The second kappa shape index (κ2) is 5.95. The van der Waals surface area contributed by atoms with Gasteiger partial charge in [0.15, 0.2) is 0 Å². The van der Waals surface area contributed by atoms with Gasteiger partial charge in [-0.2, -0.15) is 0 Å². The Hall–Kier alpha value is -2.10. The predicted molar refractivity (Wildman–Crippen MR) is 86.3 cm³/mol. The number of anilines is 1. The van der Waals surface area contributed by atoms with Crippen LogP contribution in [0.5, 0.6) is 5.75 Å². The summed E-state index contributed by atoms with van der Waals surface area (Å²) in [5.41, 5.74) is 3.85. The monoisotopic (exact) mass is 295 g/mol. The molecule has 1 aromatic heterocycles. The zero-order chi connectivity index (χ0) is 14.8. The van der Waals surface area contributed by atoms with E-state index in [9.17, 15) is 0 Å². The van der Waals surface area contributed by atoms with Gasteiger partial charge in [-0.25, -0.2) is 9.97 Å². The van der Waals surface area contributed by atoms with Crippen LogP contribution in [0, 0.1) is 5.92 Å². The highest BCUT2D eigenvalue weighted by Crippen LogP contribution is 2.27. The molecular weight excluding hydrogens is 274 g/mol. The summed E-state index contributed by atoms with van der Waals surface area (Å²) in [5, 5.41) is 3.39. The number of para-hydroxylation sites is 1. The summed E-state index contributed by atoms with van der Waals surface area (Å²) in [4.78, 5) is 9.14. The number of benzene rings is 1. The number of aromatic nitrogens is 2. The highest BCUT2D eigenvalue weighted by Gasteiger charge is 2.20. The molecule has 4 nitrogen and oxygen atoms in total. The van der Waals surface area contributed by atoms with Crippen molar-refractivity contribution in [1.29, 1.82) is 0 Å². The van der Waals surface area contributed by atoms with Crippen LogP contribution in [0.1, 0.15) is 29.7 Å². The molecule has 1 atom stereocenters. The molecule has 1 N–H and O–H groups in total.